The molecule has 4 aromatic heterocycles. The van der Waals surface area contributed by atoms with Crippen LogP contribution in [0.5, 0.6) is 0 Å². The van der Waals surface area contributed by atoms with Crippen molar-refractivity contribution in [3.63, 3.8) is 0 Å². The van der Waals surface area contributed by atoms with Gasteiger partial charge in [-0.25, -0.2) is 0 Å². The molecule has 1 aliphatic rings. The molecule has 2 N–H and O–H groups in total. The highest BCUT2D eigenvalue weighted by atomic mass is 32.1. The van der Waals surface area contributed by atoms with Gasteiger partial charge in [-0.15, -0.1) is 20.4 Å². The Kier molecular flexibility index (Phi) is 7.62. The zero-order valence-corrected chi connectivity index (χ0v) is 21.0. The molecule has 0 unspecified atom stereocenters. The van der Waals surface area contributed by atoms with Gasteiger partial charge in [-0.2, -0.15) is 0 Å². The average molecular weight is 521 g/mol. The topological polar surface area (TPSA) is 136 Å². The largest absolute Gasteiger partial charge is 0.300 e. The van der Waals surface area contributed by atoms with Crippen LogP contribution >= 0.6 is 22.7 Å². The second kappa shape index (κ2) is 11.4. The number of pyridine rings is 2. The van der Waals surface area contributed by atoms with Gasteiger partial charge in [0.1, 0.15) is 10.0 Å². The quantitative estimate of drug-likeness (QED) is 0.356. The fourth-order valence-corrected chi connectivity index (χ4v) is 6.05. The summed E-state index contributed by atoms with van der Waals surface area (Å²) >= 11 is 2.86. The van der Waals surface area contributed by atoms with E-state index in [1.54, 1.807) is 24.8 Å². The second-order valence-corrected chi connectivity index (χ2v) is 10.6. The molecule has 5 rings (SSSR count). The van der Waals surface area contributed by atoms with Crippen molar-refractivity contribution in [2.75, 3.05) is 10.6 Å². The molecule has 0 aromatic carbocycles. The zero-order valence-electron chi connectivity index (χ0n) is 19.3. The third-order valence-corrected chi connectivity index (χ3v) is 7.98. The van der Waals surface area contributed by atoms with Gasteiger partial charge < -0.3 is 10.6 Å². The van der Waals surface area contributed by atoms with E-state index >= 15 is 0 Å². The number of hydrogen-bond acceptors (Lipinski definition) is 10. The van der Waals surface area contributed by atoms with Crippen LogP contribution in [0.1, 0.15) is 58.7 Å². The molecule has 36 heavy (non-hydrogen) atoms. The highest BCUT2D eigenvalue weighted by Crippen LogP contribution is 2.43. The molecule has 12 heteroatoms. The van der Waals surface area contributed by atoms with Crippen molar-refractivity contribution < 1.29 is 9.59 Å². The van der Waals surface area contributed by atoms with Crippen molar-refractivity contribution in [1.29, 1.82) is 0 Å². The lowest BCUT2D eigenvalue weighted by Gasteiger charge is -2.25. The van der Waals surface area contributed by atoms with Gasteiger partial charge in [0.15, 0.2) is 0 Å². The number of carbonyl (C=O) groups excluding carboxylic acids is 2. The molecule has 10 nitrogen and oxygen atoms in total. The molecule has 0 aliphatic heterocycles. The van der Waals surface area contributed by atoms with Gasteiger partial charge in [0.05, 0.1) is 12.8 Å². The van der Waals surface area contributed by atoms with E-state index in [4.69, 9.17) is 0 Å². The molecule has 2 atom stereocenters. The summed E-state index contributed by atoms with van der Waals surface area (Å²) in [6.45, 7) is 0. The molecule has 0 radical (unpaired) electrons. The Morgan fingerprint density at radius 3 is 1.61 bits per heavy atom. The van der Waals surface area contributed by atoms with Crippen LogP contribution in [0, 0.1) is 0 Å². The lowest BCUT2D eigenvalue weighted by molar-refractivity contribution is -0.116. The Labute approximate surface area is 215 Å². The third-order valence-electron chi connectivity index (χ3n) is 5.97. The number of rotatable bonds is 8. The second-order valence-electron chi connectivity index (χ2n) is 8.61. The predicted molar refractivity (Wildman–Crippen MR) is 137 cm³/mol. The van der Waals surface area contributed by atoms with Crippen LogP contribution in [0.15, 0.2) is 49.1 Å². The fraction of sp³-hybridized carbons (Fsp3) is 0.333. The fourth-order valence-electron chi connectivity index (χ4n) is 4.24. The van der Waals surface area contributed by atoms with Gasteiger partial charge in [-0.05, 0) is 54.7 Å². The molecule has 0 saturated heterocycles. The van der Waals surface area contributed by atoms with Crippen molar-refractivity contribution in [3.8, 4) is 0 Å². The van der Waals surface area contributed by atoms with Crippen LogP contribution in [-0.2, 0) is 22.4 Å². The molecule has 1 aliphatic carbocycles. The van der Waals surface area contributed by atoms with E-state index < -0.39 is 0 Å². The summed E-state index contributed by atoms with van der Waals surface area (Å²) in [4.78, 5) is 32.6. The summed E-state index contributed by atoms with van der Waals surface area (Å²) in [6, 6.07) is 7.27. The standard InChI is InChI=1S/C24H24N8O2S2/c33-19(12-15-4-8-25-9-5-15)27-23-31-29-21(35-23)17-2-1-3-18(14-17)22-30-32-24(36-22)28-20(34)13-16-6-10-26-11-7-16/h4-11,17-18H,1-3,12-14H2,(H,27,31,33)(H,28,32,34)/t17-,18-/m0/s1. The SMILES string of the molecule is O=C(Cc1ccncc1)Nc1nnc([C@H]2CCC[C@H](c3nnc(NC(=O)Cc4ccncc4)s3)C2)s1. The zero-order chi connectivity index (χ0) is 24.7. The first kappa shape index (κ1) is 24.1. The summed E-state index contributed by atoms with van der Waals surface area (Å²) in [7, 11) is 0. The minimum atomic E-state index is -0.127. The van der Waals surface area contributed by atoms with Gasteiger partial charge in [0, 0.05) is 36.6 Å². The summed E-state index contributed by atoms with van der Waals surface area (Å²) < 4.78 is 0. The normalized spacial score (nSPS) is 17.4. The van der Waals surface area contributed by atoms with E-state index in [0.717, 1.165) is 46.8 Å². The summed E-state index contributed by atoms with van der Waals surface area (Å²) in [5.74, 6) is 0.247. The smallest absolute Gasteiger partial charge is 0.230 e. The van der Waals surface area contributed by atoms with E-state index in [1.807, 2.05) is 24.3 Å². The number of amides is 2. The molecule has 0 spiro atoms. The van der Waals surface area contributed by atoms with Crippen molar-refractivity contribution in [3.05, 3.63) is 70.2 Å². The molecule has 0 bridgehead atoms. The maximum atomic E-state index is 12.3. The van der Waals surface area contributed by atoms with E-state index in [0.29, 0.717) is 10.3 Å². The molecule has 1 fully saturated rings. The molecule has 1 saturated carbocycles. The molecular formula is C24H24N8O2S2. The van der Waals surface area contributed by atoms with Gasteiger partial charge in [-0.1, -0.05) is 29.1 Å². The van der Waals surface area contributed by atoms with Crippen LogP contribution in [0.3, 0.4) is 0 Å². The monoisotopic (exact) mass is 520 g/mol. The van der Waals surface area contributed by atoms with E-state index in [-0.39, 0.29) is 36.5 Å². The highest BCUT2D eigenvalue weighted by molar-refractivity contribution is 7.15. The third kappa shape index (κ3) is 6.32. The Balaban J connectivity index is 1.15. The summed E-state index contributed by atoms with van der Waals surface area (Å²) in [6.07, 6.45) is 11.2. The number of nitrogens with one attached hydrogen (secondary N) is 2. The van der Waals surface area contributed by atoms with Crippen LogP contribution in [0.4, 0.5) is 10.3 Å². The first-order valence-electron chi connectivity index (χ1n) is 11.7. The first-order valence-corrected chi connectivity index (χ1v) is 13.3. The van der Waals surface area contributed by atoms with Crippen LogP contribution in [0.2, 0.25) is 0 Å². The predicted octanol–water partition coefficient (Wildman–Crippen LogP) is 3.98. The van der Waals surface area contributed by atoms with Crippen LogP contribution in [-0.4, -0.2) is 42.2 Å². The Morgan fingerprint density at radius 2 is 1.17 bits per heavy atom. The molecular weight excluding hydrogens is 496 g/mol. The number of carbonyl (C=O) groups is 2. The van der Waals surface area contributed by atoms with Crippen molar-refractivity contribution in [1.82, 2.24) is 30.4 Å². The van der Waals surface area contributed by atoms with Crippen LogP contribution in [0.25, 0.3) is 0 Å². The lowest BCUT2D eigenvalue weighted by Crippen LogP contribution is -2.14. The molecule has 184 valence electrons. The highest BCUT2D eigenvalue weighted by Gasteiger charge is 2.29. The van der Waals surface area contributed by atoms with E-state index in [1.165, 1.54) is 22.7 Å². The Bertz CT molecular complexity index is 1210. The number of nitrogens with zero attached hydrogens (tertiary/aromatic N) is 6. The first-order chi connectivity index (χ1) is 17.6. The number of aromatic nitrogens is 6. The van der Waals surface area contributed by atoms with Crippen molar-refractivity contribution in [2.24, 2.45) is 0 Å². The van der Waals surface area contributed by atoms with Gasteiger partial charge in [0.2, 0.25) is 22.1 Å². The van der Waals surface area contributed by atoms with Gasteiger partial charge in [-0.3, -0.25) is 19.6 Å². The molecule has 2 amide bonds. The minimum Gasteiger partial charge on any atom is -0.300 e. The van der Waals surface area contributed by atoms with E-state index in [2.05, 4.69) is 41.0 Å². The van der Waals surface area contributed by atoms with Gasteiger partial charge >= 0.3 is 0 Å². The van der Waals surface area contributed by atoms with Crippen molar-refractivity contribution >= 4 is 44.8 Å². The van der Waals surface area contributed by atoms with E-state index in [9.17, 15) is 9.59 Å². The Morgan fingerprint density at radius 1 is 0.722 bits per heavy atom. The Hall–Kier alpha value is -3.64. The maximum Gasteiger partial charge on any atom is 0.230 e. The van der Waals surface area contributed by atoms with Gasteiger partial charge in [0.25, 0.3) is 0 Å². The summed E-state index contributed by atoms with van der Waals surface area (Å²) in [5.41, 5.74) is 1.79. The number of hydrogen-bond donors (Lipinski definition) is 2. The van der Waals surface area contributed by atoms with Crippen LogP contribution < -0.4 is 10.6 Å². The number of anilines is 2. The summed E-state index contributed by atoms with van der Waals surface area (Å²) in [5, 5.41) is 25.7. The lowest BCUT2D eigenvalue weighted by atomic mass is 9.82. The minimum absolute atomic E-state index is 0.127. The van der Waals surface area contributed by atoms with Crippen molar-refractivity contribution in [2.45, 2.75) is 50.4 Å². The average Bonchev–Trinajstić information content (AvgIpc) is 3.55. The maximum absolute atomic E-state index is 12.3. The molecule has 4 heterocycles. The molecule has 4 aromatic rings.